The van der Waals surface area contributed by atoms with E-state index in [0.717, 1.165) is 48.9 Å². The van der Waals surface area contributed by atoms with Gasteiger partial charge in [0.1, 0.15) is 10.7 Å². The van der Waals surface area contributed by atoms with Crippen LogP contribution in [0.2, 0.25) is 0 Å². The van der Waals surface area contributed by atoms with Crippen molar-refractivity contribution in [3.8, 4) is 0 Å². The Balaban J connectivity index is 1.25. The molecule has 0 atom stereocenters. The van der Waals surface area contributed by atoms with Crippen LogP contribution < -0.4 is 16.3 Å². The van der Waals surface area contributed by atoms with E-state index in [4.69, 9.17) is 12.2 Å². The van der Waals surface area contributed by atoms with Crippen LogP contribution >= 0.6 is 23.6 Å². The fraction of sp³-hybridized carbons (Fsp3) is 0.652. The summed E-state index contributed by atoms with van der Waals surface area (Å²) >= 11 is 7.13. The van der Waals surface area contributed by atoms with Crippen molar-refractivity contribution in [2.24, 2.45) is 23.2 Å². The average molecular weight is 457 g/mol. The standard InChI is InChI=1S/C23H28N4O2S2/c1-12-24-19-18(16-4-2-3-5-17(16)31-19)20(28)27(12)26-22(30)25-21(29)23-9-13-6-14(10-23)8-15(7-13)11-23/h13-15H,2-11H2,1H3,(H2,25,26,29,30). The van der Waals surface area contributed by atoms with Crippen molar-refractivity contribution in [3.63, 3.8) is 0 Å². The second-order valence-electron chi connectivity index (χ2n) is 10.3. The minimum absolute atomic E-state index is 0.0387. The molecule has 2 aromatic heterocycles. The maximum atomic E-state index is 13.3. The first-order valence-electron chi connectivity index (χ1n) is 11.6. The number of nitrogens with zero attached hydrogens (tertiary/aromatic N) is 2. The molecule has 4 bridgehead atoms. The summed E-state index contributed by atoms with van der Waals surface area (Å²) in [4.78, 5) is 33.4. The van der Waals surface area contributed by atoms with E-state index in [0.29, 0.717) is 29.0 Å². The highest BCUT2D eigenvalue weighted by molar-refractivity contribution is 7.80. The van der Waals surface area contributed by atoms with Crippen LogP contribution in [0.25, 0.3) is 10.2 Å². The molecule has 0 aromatic carbocycles. The molecule has 5 aliphatic carbocycles. The van der Waals surface area contributed by atoms with Gasteiger partial charge in [-0.15, -0.1) is 11.3 Å². The molecule has 8 heteroatoms. The van der Waals surface area contributed by atoms with Crippen LogP contribution in [0, 0.1) is 30.1 Å². The number of aryl methyl sites for hydroxylation is 3. The molecule has 6 nitrogen and oxygen atoms in total. The van der Waals surface area contributed by atoms with E-state index in [2.05, 4.69) is 15.7 Å². The quantitative estimate of drug-likeness (QED) is 0.672. The lowest BCUT2D eigenvalue weighted by atomic mass is 9.49. The number of hydrogen-bond donors (Lipinski definition) is 2. The van der Waals surface area contributed by atoms with E-state index in [1.807, 2.05) is 0 Å². The van der Waals surface area contributed by atoms with Crippen molar-refractivity contribution in [2.75, 3.05) is 5.43 Å². The van der Waals surface area contributed by atoms with Crippen molar-refractivity contribution in [1.82, 2.24) is 15.0 Å². The third-order valence-corrected chi connectivity index (χ3v) is 9.50. The fourth-order valence-corrected chi connectivity index (χ4v) is 8.67. The molecule has 31 heavy (non-hydrogen) atoms. The first kappa shape index (κ1) is 19.9. The number of carbonyl (C=O) groups excluding carboxylic acids is 1. The van der Waals surface area contributed by atoms with Gasteiger partial charge in [0, 0.05) is 4.88 Å². The fourth-order valence-electron chi connectivity index (χ4n) is 7.19. The van der Waals surface area contributed by atoms with Crippen LogP contribution in [0.4, 0.5) is 0 Å². The molecule has 0 spiro atoms. The number of hydrogen-bond acceptors (Lipinski definition) is 5. The smallest absolute Gasteiger partial charge is 0.281 e. The van der Waals surface area contributed by atoms with Gasteiger partial charge < -0.3 is 5.32 Å². The van der Waals surface area contributed by atoms with Crippen molar-refractivity contribution in [1.29, 1.82) is 0 Å². The summed E-state index contributed by atoms with van der Waals surface area (Å²) in [5, 5.41) is 3.85. The molecule has 0 unspecified atom stereocenters. The van der Waals surface area contributed by atoms with Crippen LogP contribution in [-0.4, -0.2) is 20.7 Å². The predicted molar refractivity (Wildman–Crippen MR) is 126 cm³/mol. The molecular formula is C23H28N4O2S2. The molecule has 1 amide bonds. The van der Waals surface area contributed by atoms with E-state index >= 15 is 0 Å². The number of thiophene rings is 1. The van der Waals surface area contributed by atoms with Gasteiger partial charge in [0.05, 0.1) is 10.8 Å². The molecule has 2 aromatic rings. The van der Waals surface area contributed by atoms with Gasteiger partial charge in [0.15, 0.2) is 5.11 Å². The molecular weight excluding hydrogens is 428 g/mol. The first-order valence-corrected chi connectivity index (χ1v) is 12.8. The second kappa shape index (κ2) is 7.10. The number of nitrogens with one attached hydrogen (secondary N) is 2. The Bertz CT molecular complexity index is 1130. The van der Waals surface area contributed by atoms with Gasteiger partial charge in [-0.25, -0.2) is 9.66 Å². The number of rotatable bonds is 2. The van der Waals surface area contributed by atoms with E-state index in [1.54, 1.807) is 18.3 Å². The summed E-state index contributed by atoms with van der Waals surface area (Å²) in [5.74, 6) is 2.68. The molecule has 4 fully saturated rings. The zero-order valence-electron chi connectivity index (χ0n) is 17.8. The zero-order valence-corrected chi connectivity index (χ0v) is 19.5. The summed E-state index contributed by atoms with van der Waals surface area (Å²) in [6, 6.07) is 0. The molecule has 0 saturated heterocycles. The molecule has 4 saturated carbocycles. The largest absolute Gasteiger partial charge is 0.301 e. The molecule has 164 valence electrons. The Hall–Kier alpha value is -1.80. The third-order valence-electron chi connectivity index (χ3n) is 8.12. The second-order valence-corrected chi connectivity index (χ2v) is 11.8. The Kier molecular flexibility index (Phi) is 4.55. The normalized spacial score (nSPS) is 30.9. The van der Waals surface area contributed by atoms with Crippen molar-refractivity contribution < 1.29 is 4.79 Å². The highest BCUT2D eigenvalue weighted by atomic mass is 32.1. The highest BCUT2D eigenvalue weighted by Crippen LogP contribution is 2.60. The molecule has 5 aliphatic rings. The molecule has 0 aliphatic heterocycles. The van der Waals surface area contributed by atoms with Crippen molar-refractivity contribution in [2.45, 2.75) is 71.1 Å². The van der Waals surface area contributed by atoms with Crippen LogP contribution in [-0.2, 0) is 17.6 Å². The molecule has 7 rings (SSSR count). The summed E-state index contributed by atoms with van der Waals surface area (Å²) in [6.45, 7) is 1.80. The van der Waals surface area contributed by atoms with E-state index < -0.39 is 0 Å². The lowest BCUT2D eigenvalue weighted by Crippen LogP contribution is -2.55. The van der Waals surface area contributed by atoms with Gasteiger partial charge >= 0.3 is 0 Å². The molecule has 2 heterocycles. The summed E-state index contributed by atoms with van der Waals surface area (Å²) < 4.78 is 1.41. The molecule has 0 radical (unpaired) electrons. The average Bonchev–Trinajstić information content (AvgIpc) is 3.08. The topological polar surface area (TPSA) is 76.0 Å². The summed E-state index contributed by atoms with van der Waals surface area (Å²) in [7, 11) is 0. The van der Waals surface area contributed by atoms with Crippen LogP contribution in [0.1, 0.15) is 67.6 Å². The Morgan fingerprint density at radius 3 is 2.45 bits per heavy atom. The highest BCUT2D eigenvalue weighted by Gasteiger charge is 2.54. The van der Waals surface area contributed by atoms with Gasteiger partial charge in [-0.2, -0.15) is 0 Å². The van der Waals surface area contributed by atoms with E-state index in [-0.39, 0.29) is 22.0 Å². The summed E-state index contributed by atoms with van der Waals surface area (Å²) in [6.07, 6.45) is 11.1. The van der Waals surface area contributed by atoms with E-state index in [1.165, 1.54) is 35.2 Å². The maximum Gasteiger partial charge on any atom is 0.281 e. The predicted octanol–water partition coefficient (Wildman–Crippen LogP) is 3.81. The Morgan fingerprint density at radius 2 is 1.77 bits per heavy atom. The van der Waals surface area contributed by atoms with Crippen LogP contribution in [0.15, 0.2) is 4.79 Å². The van der Waals surface area contributed by atoms with Gasteiger partial charge in [0.25, 0.3) is 5.56 Å². The summed E-state index contributed by atoms with van der Waals surface area (Å²) in [5.41, 5.74) is 3.75. The Labute approximate surface area is 190 Å². The third kappa shape index (κ3) is 3.17. The maximum absolute atomic E-state index is 13.3. The number of carbonyl (C=O) groups is 1. The minimum Gasteiger partial charge on any atom is -0.301 e. The van der Waals surface area contributed by atoms with Gasteiger partial charge in [-0.1, -0.05) is 0 Å². The minimum atomic E-state index is -0.269. The monoisotopic (exact) mass is 456 g/mol. The van der Waals surface area contributed by atoms with E-state index in [9.17, 15) is 9.59 Å². The number of thiocarbonyl (C=S) groups is 1. The van der Waals surface area contributed by atoms with Gasteiger partial charge in [-0.05, 0) is 107 Å². The lowest BCUT2D eigenvalue weighted by molar-refractivity contribution is -0.144. The SMILES string of the molecule is Cc1nc2sc3c(c2c(=O)n1NC(=S)NC(=O)C12CC4CC(CC(C4)C1)C2)CCCC3. The van der Waals surface area contributed by atoms with Crippen LogP contribution in [0.5, 0.6) is 0 Å². The van der Waals surface area contributed by atoms with Crippen molar-refractivity contribution >= 4 is 44.8 Å². The van der Waals surface area contributed by atoms with Crippen LogP contribution in [0.3, 0.4) is 0 Å². The number of aromatic nitrogens is 2. The van der Waals surface area contributed by atoms with Crippen molar-refractivity contribution in [3.05, 3.63) is 26.6 Å². The van der Waals surface area contributed by atoms with Gasteiger partial charge in [-0.3, -0.25) is 15.0 Å². The molecule has 2 N–H and O–H groups in total. The lowest BCUT2D eigenvalue weighted by Gasteiger charge is -2.55. The zero-order chi connectivity index (χ0) is 21.3. The first-order chi connectivity index (χ1) is 14.9. The number of fused-ring (bicyclic) bond motifs is 3. The Morgan fingerprint density at radius 1 is 1.13 bits per heavy atom. The number of amides is 1. The van der Waals surface area contributed by atoms with Gasteiger partial charge in [0.2, 0.25) is 5.91 Å².